The van der Waals surface area contributed by atoms with Crippen LogP contribution in [0.25, 0.3) is 0 Å². The van der Waals surface area contributed by atoms with Crippen molar-refractivity contribution in [2.75, 3.05) is 6.54 Å². The van der Waals surface area contributed by atoms with Crippen LogP contribution >= 0.6 is 0 Å². The Morgan fingerprint density at radius 3 is 2.76 bits per heavy atom. The zero-order valence-electron chi connectivity index (χ0n) is 12.5. The summed E-state index contributed by atoms with van der Waals surface area (Å²) in [6.45, 7) is 2.98. The first-order valence-electron chi connectivity index (χ1n) is 7.78. The molecule has 1 aromatic carbocycles. The summed E-state index contributed by atoms with van der Waals surface area (Å²) >= 11 is 0. The van der Waals surface area contributed by atoms with Gasteiger partial charge in [-0.25, -0.2) is 0 Å². The number of hydrogen-bond acceptors (Lipinski definition) is 3. The second-order valence-electron chi connectivity index (χ2n) is 5.75. The Balaban J connectivity index is 2.03. The normalized spacial score (nSPS) is 17.0. The molecule has 21 heavy (non-hydrogen) atoms. The van der Waals surface area contributed by atoms with Crippen molar-refractivity contribution in [1.82, 2.24) is 5.32 Å². The number of aryl methyl sites for hydroxylation is 1. The molecule has 0 bridgehead atoms. The van der Waals surface area contributed by atoms with Gasteiger partial charge >= 0.3 is 5.69 Å². The first kappa shape index (κ1) is 15.9. The van der Waals surface area contributed by atoms with Gasteiger partial charge in [-0.1, -0.05) is 31.9 Å². The van der Waals surface area contributed by atoms with Crippen LogP contribution in [0.1, 0.15) is 44.6 Å². The molecule has 0 aliphatic heterocycles. The van der Waals surface area contributed by atoms with Crippen LogP contribution in [-0.2, 0) is 6.42 Å². The van der Waals surface area contributed by atoms with E-state index in [2.05, 4.69) is 12.2 Å². The lowest BCUT2D eigenvalue weighted by Gasteiger charge is -2.24. The van der Waals surface area contributed by atoms with E-state index in [1.54, 1.807) is 12.1 Å². The highest BCUT2D eigenvalue weighted by Gasteiger charge is 2.25. The molecule has 1 saturated carbocycles. The Morgan fingerprint density at radius 1 is 1.43 bits per heavy atom. The smallest absolute Gasteiger partial charge is 0.305 e. The molecule has 1 aromatic rings. The molecule has 116 valence electrons. The van der Waals surface area contributed by atoms with E-state index in [9.17, 15) is 14.5 Å². The van der Waals surface area contributed by atoms with E-state index in [4.69, 9.17) is 0 Å². The minimum atomic E-state index is -0.677. The number of hydrogen-bond donors (Lipinski definition) is 1. The van der Waals surface area contributed by atoms with Gasteiger partial charge in [0.05, 0.1) is 4.92 Å². The summed E-state index contributed by atoms with van der Waals surface area (Å²) in [6, 6.07) is 4.82. The van der Waals surface area contributed by atoms with Crippen LogP contribution < -0.4 is 5.32 Å². The number of nitro groups is 1. The Bertz CT molecular complexity index is 487. The maximum atomic E-state index is 14.1. The third kappa shape index (κ3) is 4.00. The summed E-state index contributed by atoms with van der Waals surface area (Å²) in [4.78, 5) is 10.1. The van der Waals surface area contributed by atoms with E-state index in [0.717, 1.165) is 13.0 Å². The van der Waals surface area contributed by atoms with Crippen LogP contribution in [0.2, 0.25) is 0 Å². The van der Waals surface area contributed by atoms with Gasteiger partial charge in [0.1, 0.15) is 0 Å². The van der Waals surface area contributed by atoms with Gasteiger partial charge < -0.3 is 5.32 Å². The molecule has 0 amide bonds. The maximum Gasteiger partial charge on any atom is 0.305 e. The highest BCUT2D eigenvalue weighted by molar-refractivity contribution is 5.36. The predicted molar refractivity (Wildman–Crippen MR) is 80.8 cm³/mol. The zero-order chi connectivity index (χ0) is 15.2. The molecule has 1 fully saturated rings. The van der Waals surface area contributed by atoms with Crippen molar-refractivity contribution >= 4 is 5.69 Å². The predicted octanol–water partition coefficient (Wildman–Crippen LogP) is 3.83. The van der Waals surface area contributed by atoms with E-state index in [1.807, 2.05) is 0 Å². The third-order valence-corrected chi connectivity index (χ3v) is 4.41. The minimum absolute atomic E-state index is 0.385. The molecular weight excluding hydrogens is 271 g/mol. The molecule has 2 rings (SSSR count). The van der Waals surface area contributed by atoms with Crippen molar-refractivity contribution in [3.05, 3.63) is 39.7 Å². The molecule has 1 unspecified atom stereocenters. The van der Waals surface area contributed by atoms with Crippen molar-refractivity contribution in [2.24, 2.45) is 5.92 Å². The number of benzene rings is 1. The Morgan fingerprint density at radius 2 is 2.14 bits per heavy atom. The summed E-state index contributed by atoms with van der Waals surface area (Å²) in [6.07, 6.45) is 6.39. The first-order valence-corrected chi connectivity index (χ1v) is 7.78. The fourth-order valence-electron chi connectivity index (χ4n) is 3.34. The second-order valence-corrected chi connectivity index (χ2v) is 5.75. The second kappa shape index (κ2) is 7.50. The maximum absolute atomic E-state index is 14.1. The summed E-state index contributed by atoms with van der Waals surface area (Å²) in [5.41, 5.74) is 0.0264. The van der Waals surface area contributed by atoms with Crippen molar-refractivity contribution in [1.29, 1.82) is 0 Å². The van der Waals surface area contributed by atoms with Crippen molar-refractivity contribution in [3.63, 3.8) is 0 Å². The molecular formula is C16H23FN2O2. The van der Waals surface area contributed by atoms with Gasteiger partial charge in [0.25, 0.3) is 0 Å². The molecule has 0 radical (unpaired) electrons. The highest BCUT2D eigenvalue weighted by Crippen LogP contribution is 2.30. The number of nitro benzene ring substituents is 1. The van der Waals surface area contributed by atoms with E-state index >= 15 is 0 Å². The lowest BCUT2D eigenvalue weighted by atomic mass is 9.92. The molecule has 1 N–H and O–H groups in total. The summed E-state index contributed by atoms with van der Waals surface area (Å²) in [7, 11) is 0. The van der Waals surface area contributed by atoms with Crippen molar-refractivity contribution < 1.29 is 9.31 Å². The number of nitrogens with zero attached hydrogens (tertiary/aromatic N) is 1. The van der Waals surface area contributed by atoms with Crippen molar-refractivity contribution in [3.8, 4) is 0 Å². The summed E-state index contributed by atoms with van der Waals surface area (Å²) in [5.74, 6) is -0.0177. The lowest BCUT2D eigenvalue weighted by Crippen LogP contribution is -2.35. The summed E-state index contributed by atoms with van der Waals surface area (Å²) in [5, 5.41) is 14.3. The molecule has 0 spiro atoms. The molecule has 1 aliphatic carbocycles. The third-order valence-electron chi connectivity index (χ3n) is 4.41. The zero-order valence-corrected chi connectivity index (χ0v) is 12.5. The van der Waals surface area contributed by atoms with Crippen LogP contribution in [-0.4, -0.2) is 17.5 Å². The molecule has 0 aromatic heterocycles. The topological polar surface area (TPSA) is 55.2 Å². The number of rotatable bonds is 7. The fourth-order valence-corrected chi connectivity index (χ4v) is 3.34. The Hall–Kier alpha value is -1.49. The number of halogens is 1. The monoisotopic (exact) mass is 294 g/mol. The van der Waals surface area contributed by atoms with E-state index in [1.165, 1.54) is 31.7 Å². The largest absolute Gasteiger partial charge is 0.314 e. The van der Waals surface area contributed by atoms with E-state index < -0.39 is 16.4 Å². The Kier molecular flexibility index (Phi) is 5.67. The van der Waals surface area contributed by atoms with Crippen LogP contribution in [0.4, 0.5) is 10.1 Å². The van der Waals surface area contributed by atoms with Crippen LogP contribution in [0, 0.1) is 21.8 Å². The molecule has 0 saturated heterocycles. The van der Waals surface area contributed by atoms with Gasteiger partial charge in [0.2, 0.25) is 5.82 Å². The van der Waals surface area contributed by atoms with Gasteiger partial charge in [0, 0.05) is 12.1 Å². The molecule has 5 heteroatoms. The molecule has 1 atom stereocenters. The van der Waals surface area contributed by atoms with Gasteiger partial charge in [-0.05, 0) is 43.7 Å². The lowest BCUT2D eigenvalue weighted by molar-refractivity contribution is -0.387. The first-order chi connectivity index (χ1) is 10.1. The molecule has 4 nitrogen and oxygen atoms in total. The minimum Gasteiger partial charge on any atom is -0.314 e. The van der Waals surface area contributed by atoms with Crippen LogP contribution in [0.5, 0.6) is 0 Å². The quantitative estimate of drug-likeness (QED) is 0.614. The SMILES string of the molecule is CCNC(CCc1cccc([N+](=O)[O-])c1F)C1CCCC1. The fraction of sp³-hybridized carbons (Fsp3) is 0.625. The average Bonchev–Trinajstić information content (AvgIpc) is 2.98. The standard InChI is InChI=1S/C16H23FN2O2/c1-2-18-14(12-6-3-4-7-12)11-10-13-8-5-9-15(16(13)17)19(20)21/h5,8-9,12,14,18H,2-4,6-7,10-11H2,1H3. The van der Waals surface area contributed by atoms with Gasteiger partial charge in [-0.2, -0.15) is 4.39 Å². The molecule has 0 heterocycles. The van der Waals surface area contributed by atoms with E-state index in [-0.39, 0.29) is 0 Å². The van der Waals surface area contributed by atoms with Gasteiger partial charge in [-0.15, -0.1) is 0 Å². The molecule has 1 aliphatic rings. The van der Waals surface area contributed by atoms with Crippen LogP contribution in [0.15, 0.2) is 18.2 Å². The van der Waals surface area contributed by atoms with Gasteiger partial charge in [-0.3, -0.25) is 10.1 Å². The summed E-state index contributed by atoms with van der Waals surface area (Å²) < 4.78 is 14.1. The Labute approximate surface area is 124 Å². The average molecular weight is 294 g/mol. The van der Waals surface area contributed by atoms with E-state index in [0.29, 0.717) is 23.9 Å². The van der Waals surface area contributed by atoms with Crippen LogP contribution in [0.3, 0.4) is 0 Å². The highest BCUT2D eigenvalue weighted by atomic mass is 19.1. The van der Waals surface area contributed by atoms with Gasteiger partial charge in [0.15, 0.2) is 0 Å². The number of nitrogens with one attached hydrogen (secondary N) is 1. The van der Waals surface area contributed by atoms with Crippen molar-refractivity contribution in [2.45, 2.75) is 51.5 Å².